The third-order valence-electron chi connectivity index (χ3n) is 0.0797. The Balaban J connectivity index is -0.00000000533. The van der Waals surface area contributed by atoms with E-state index in [1.54, 1.807) is 0 Å². The molecule has 0 aliphatic heterocycles. The van der Waals surface area contributed by atoms with Crippen molar-refractivity contribution < 1.29 is 47.6 Å². The molecule has 0 aromatic carbocycles. The van der Waals surface area contributed by atoms with Crippen LogP contribution in [0.4, 0.5) is 0 Å². The van der Waals surface area contributed by atoms with E-state index in [4.69, 9.17) is 10.0 Å². The SMILES string of the molecule is OB(O)OBr.[Ba+2].[GaH3].[H-].[H-].[H-].[Na+]. The van der Waals surface area contributed by atoms with E-state index in [1.807, 2.05) is 0 Å². The molecule has 0 unspecified atom stereocenters. The van der Waals surface area contributed by atoms with Crippen LogP contribution in [0.15, 0.2) is 0 Å². The fraction of sp³-hybridized carbons (Fsp3) is 0. The largest absolute Gasteiger partial charge is 1.00 e. The molecule has 2 N–H and O–H groups in total. The van der Waals surface area contributed by atoms with Gasteiger partial charge in [-0.1, -0.05) is 0 Å². The van der Waals surface area contributed by atoms with Crippen LogP contribution in [-0.4, -0.2) is 86.0 Å². The summed E-state index contributed by atoms with van der Waals surface area (Å²) in [5.41, 5.74) is 0. The molecular formula is H8BBaBrGaNaO3. The zero-order valence-electron chi connectivity index (χ0n) is 6.97. The van der Waals surface area contributed by atoms with Gasteiger partial charge in [-0.25, -0.2) is 0 Å². The second kappa shape index (κ2) is 16.9. The molecule has 0 aromatic rings. The molecule has 0 spiro atoms. The topological polar surface area (TPSA) is 49.7 Å². The van der Waals surface area contributed by atoms with E-state index in [0.717, 1.165) is 0 Å². The van der Waals surface area contributed by atoms with Gasteiger partial charge in [0.1, 0.15) is 0 Å². The summed E-state index contributed by atoms with van der Waals surface area (Å²) >= 11 is 2.31. The summed E-state index contributed by atoms with van der Waals surface area (Å²) in [6.07, 6.45) is 0. The maximum Gasteiger partial charge on any atom is 1.00 e. The van der Waals surface area contributed by atoms with Crippen LogP contribution in [0.2, 0.25) is 0 Å². The molecule has 0 aromatic heterocycles. The van der Waals surface area contributed by atoms with Crippen molar-refractivity contribution in [2.24, 2.45) is 0 Å². The average Bonchev–Trinajstić information content (AvgIpc) is 1.38. The molecule has 8 heteroatoms. The Labute approximate surface area is 137 Å². The van der Waals surface area contributed by atoms with Crippen LogP contribution in [0.3, 0.4) is 0 Å². The fourth-order valence-corrected chi connectivity index (χ4v) is 0. The van der Waals surface area contributed by atoms with Gasteiger partial charge in [-0.3, -0.25) is 0 Å². The Bertz CT molecular complexity index is 42.5. The number of halogens is 1. The quantitative estimate of drug-likeness (QED) is 0.451. The van der Waals surface area contributed by atoms with E-state index in [9.17, 15) is 0 Å². The average molecular weight is 377 g/mol. The normalized spacial score (nSPS) is 4.88. The van der Waals surface area contributed by atoms with Crippen LogP contribution < -0.4 is 29.6 Å². The fourth-order valence-electron chi connectivity index (χ4n) is 0. The molecule has 0 heterocycles. The first-order valence-electron chi connectivity index (χ1n) is 0.906. The van der Waals surface area contributed by atoms with Gasteiger partial charge in [0.25, 0.3) is 0 Å². The molecule has 0 saturated heterocycles. The van der Waals surface area contributed by atoms with Gasteiger partial charge in [-0.15, -0.1) is 0 Å². The Kier molecular flexibility index (Phi) is 47.8. The molecule has 42 valence electrons. The van der Waals surface area contributed by atoms with Crippen LogP contribution in [0, 0.1) is 0 Å². The van der Waals surface area contributed by atoms with Gasteiger partial charge >= 0.3 is 106 Å². The summed E-state index contributed by atoms with van der Waals surface area (Å²) in [4.78, 5) is 0. The van der Waals surface area contributed by atoms with Crippen molar-refractivity contribution in [2.75, 3.05) is 0 Å². The molecule has 8 heavy (non-hydrogen) atoms. The minimum absolute atomic E-state index is 0. The zero-order valence-corrected chi connectivity index (χ0v) is 12.0. The van der Waals surface area contributed by atoms with E-state index in [1.165, 1.54) is 0 Å². The van der Waals surface area contributed by atoms with Gasteiger partial charge < -0.3 is 18.1 Å². The molecule has 0 saturated carbocycles. The summed E-state index contributed by atoms with van der Waals surface area (Å²) in [5.74, 6) is 0. The predicted molar refractivity (Wildman–Crippen MR) is 39.2 cm³/mol. The number of hydrogen-bond donors (Lipinski definition) is 2. The predicted octanol–water partition coefficient (Wildman–Crippen LogP) is -4.94. The van der Waals surface area contributed by atoms with Gasteiger partial charge in [0, 0.05) is 0 Å². The maximum atomic E-state index is 7.65. The van der Waals surface area contributed by atoms with Crippen molar-refractivity contribution in [1.29, 1.82) is 0 Å². The third-order valence-corrected chi connectivity index (χ3v) is 0.414. The molecule has 0 bridgehead atoms. The van der Waals surface area contributed by atoms with E-state index in [0.29, 0.717) is 0 Å². The summed E-state index contributed by atoms with van der Waals surface area (Å²) in [6, 6.07) is 0. The van der Waals surface area contributed by atoms with Crippen molar-refractivity contribution in [1.82, 2.24) is 0 Å². The van der Waals surface area contributed by atoms with Crippen molar-refractivity contribution in [2.45, 2.75) is 0 Å². The number of hydrogen-bond acceptors (Lipinski definition) is 3. The molecule has 0 fully saturated rings. The molecule has 0 aliphatic rings. The van der Waals surface area contributed by atoms with Crippen LogP contribution >= 0.6 is 16.3 Å². The zero-order chi connectivity index (χ0) is 4.28. The van der Waals surface area contributed by atoms with Gasteiger partial charge in [0.2, 0.25) is 0 Å². The van der Waals surface area contributed by atoms with E-state index in [2.05, 4.69) is 20.0 Å². The van der Waals surface area contributed by atoms with Crippen LogP contribution in [0.25, 0.3) is 0 Å². The van der Waals surface area contributed by atoms with E-state index >= 15 is 0 Å². The van der Waals surface area contributed by atoms with Crippen LogP contribution in [-0.2, 0) is 3.75 Å². The molecule has 0 aliphatic carbocycles. The second-order valence-electron chi connectivity index (χ2n) is 0.415. The Morgan fingerprint density at radius 2 is 1.62 bits per heavy atom. The maximum absolute atomic E-state index is 7.65. The van der Waals surface area contributed by atoms with Crippen molar-refractivity contribution in [3.8, 4) is 0 Å². The Morgan fingerprint density at radius 3 is 1.62 bits per heavy atom. The monoisotopic (exact) mass is 376 g/mol. The summed E-state index contributed by atoms with van der Waals surface area (Å²) in [7, 11) is -1.70. The van der Waals surface area contributed by atoms with Crippen molar-refractivity contribution in [3.63, 3.8) is 0 Å². The minimum Gasteiger partial charge on any atom is -1.00 e. The third kappa shape index (κ3) is 22.6. The molecule has 0 radical (unpaired) electrons. The molecule has 0 rings (SSSR count). The van der Waals surface area contributed by atoms with E-state index < -0.39 is 7.32 Å². The molecule has 0 atom stereocenters. The number of rotatable bonds is 1. The van der Waals surface area contributed by atoms with Gasteiger partial charge in [0.05, 0.1) is 16.3 Å². The molecule has 3 nitrogen and oxygen atoms in total. The van der Waals surface area contributed by atoms with Gasteiger partial charge in [0.15, 0.2) is 0 Å². The van der Waals surface area contributed by atoms with Crippen molar-refractivity contribution in [3.05, 3.63) is 0 Å². The first-order valence-corrected chi connectivity index (χ1v) is 1.55. The van der Waals surface area contributed by atoms with Crippen LogP contribution in [0.5, 0.6) is 0 Å². The molecular weight excluding hydrogens is 369 g/mol. The van der Waals surface area contributed by atoms with Gasteiger partial charge in [-0.05, 0) is 0 Å². The Hall–Kier alpha value is 3.63. The van der Waals surface area contributed by atoms with Gasteiger partial charge in [-0.2, -0.15) is 0 Å². The smallest absolute Gasteiger partial charge is 1.00 e. The van der Waals surface area contributed by atoms with Crippen LogP contribution in [0.1, 0.15) is 4.28 Å². The summed E-state index contributed by atoms with van der Waals surface area (Å²) in [6.45, 7) is 0. The first kappa shape index (κ1) is 22.6. The standard InChI is InChI=1S/BBrH2O3.Ba.Ga.Na.6H/c2-5-1(3)4;;;;;;;;;/h3-4H;;;;;;;;;/q;+2;;+1;;;;3*-1. The summed E-state index contributed by atoms with van der Waals surface area (Å²) < 4.78 is 3.67. The van der Waals surface area contributed by atoms with E-state index in [-0.39, 0.29) is 103 Å². The molecule has 0 amide bonds. The first-order chi connectivity index (χ1) is 2.27. The second-order valence-corrected chi connectivity index (χ2v) is 0.789. The minimum atomic E-state index is -1.70. The van der Waals surface area contributed by atoms with Crippen molar-refractivity contribution >= 4 is 92.3 Å². The summed E-state index contributed by atoms with van der Waals surface area (Å²) in [5, 5.41) is 15.3. The Morgan fingerprint density at radius 1 is 1.50 bits per heavy atom.